The number of nitrogens with two attached hydrogens (primary N) is 1. The minimum atomic E-state index is -0.362. The number of amides is 1. The first kappa shape index (κ1) is 10.2. The molecular weight excluding hydrogens is 184 g/mol. The van der Waals surface area contributed by atoms with Crippen molar-refractivity contribution in [1.29, 1.82) is 0 Å². The zero-order chi connectivity index (χ0) is 10.7. The quantitative estimate of drug-likeness (QED) is 0.561. The number of carbonyl (C=O) groups excluding carboxylic acids is 1. The number of aromatic amines is 1. The summed E-state index contributed by atoms with van der Waals surface area (Å²) in [5.41, 5.74) is 5.36. The molecule has 0 bridgehead atoms. The molecule has 0 aliphatic heterocycles. The molecule has 0 fully saturated rings. The molecule has 1 heterocycles. The molecule has 1 rings (SSSR count). The molecule has 1 amide bonds. The number of hydrogen-bond acceptors (Lipinski definition) is 4. The van der Waals surface area contributed by atoms with Gasteiger partial charge in [-0.1, -0.05) is 0 Å². The van der Waals surface area contributed by atoms with Crippen molar-refractivity contribution in [2.45, 2.75) is 13.3 Å². The smallest absolute Gasteiger partial charge is 0.256 e. The average Bonchev–Trinajstić information content (AvgIpc) is 2.10. The Morgan fingerprint density at radius 3 is 2.79 bits per heavy atom. The fraction of sp³-hybridized carbons (Fsp3) is 0.375. The van der Waals surface area contributed by atoms with Crippen molar-refractivity contribution in [2.24, 2.45) is 0 Å². The first-order valence-corrected chi connectivity index (χ1v) is 4.10. The van der Waals surface area contributed by atoms with Crippen LogP contribution in [0.2, 0.25) is 0 Å². The molecule has 6 heteroatoms. The van der Waals surface area contributed by atoms with Crippen molar-refractivity contribution in [2.75, 3.05) is 12.8 Å². The lowest BCUT2D eigenvalue weighted by atomic mass is 10.2. The number of aromatic nitrogens is 2. The van der Waals surface area contributed by atoms with Gasteiger partial charge in [-0.05, 0) is 6.92 Å². The van der Waals surface area contributed by atoms with Crippen molar-refractivity contribution in [3.8, 4) is 0 Å². The molecule has 0 atom stereocenters. The summed E-state index contributed by atoms with van der Waals surface area (Å²) in [4.78, 5) is 28.7. The molecule has 0 saturated carbocycles. The standard InChI is InChI=1S/C8H12N4O2/c1-4-11-7(9)5(8(14)12-4)3-6(13)10-2/h3H2,1-2H3,(H,10,13)(H3,9,11,12,14). The van der Waals surface area contributed by atoms with Crippen LogP contribution in [0, 0.1) is 6.92 Å². The van der Waals surface area contributed by atoms with Crippen LogP contribution in [0.25, 0.3) is 0 Å². The zero-order valence-corrected chi connectivity index (χ0v) is 8.05. The van der Waals surface area contributed by atoms with Crippen LogP contribution >= 0.6 is 0 Å². The fourth-order valence-corrected chi connectivity index (χ4v) is 1.05. The maximum Gasteiger partial charge on any atom is 0.256 e. The summed E-state index contributed by atoms with van der Waals surface area (Å²) in [6, 6.07) is 0. The van der Waals surface area contributed by atoms with Gasteiger partial charge in [-0.2, -0.15) is 0 Å². The number of H-pyrrole nitrogens is 1. The van der Waals surface area contributed by atoms with Crippen molar-refractivity contribution < 1.29 is 4.79 Å². The fourth-order valence-electron chi connectivity index (χ4n) is 1.05. The van der Waals surface area contributed by atoms with Gasteiger partial charge in [0.2, 0.25) is 5.91 Å². The molecule has 0 aliphatic carbocycles. The Labute approximate surface area is 80.5 Å². The number of anilines is 1. The summed E-state index contributed by atoms with van der Waals surface area (Å²) in [5.74, 6) is 0.274. The van der Waals surface area contributed by atoms with Crippen molar-refractivity contribution >= 4 is 11.7 Å². The molecule has 0 aliphatic rings. The molecule has 4 N–H and O–H groups in total. The van der Waals surface area contributed by atoms with E-state index in [0.29, 0.717) is 5.82 Å². The second-order valence-electron chi connectivity index (χ2n) is 2.87. The van der Waals surface area contributed by atoms with Crippen LogP contribution in [0.1, 0.15) is 11.4 Å². The van der Waals surface area contributed by atoms with Gasteiger partial charge in [-0.3, -0.25) is 9.59 Å². The van der Waals surface area contributed by atoms with E-state index < -0.39 is 0 Å². The van der Waals surface area contributed by atoms with Crippen LogP contribution in [0.3, 0.4) is 0 Å². The van der Waals surface area contributed by atoms with E-state index in [1.54, 1.807) is 6.92 Å². The Morgan fingerprint density at radius 1 is 1.64 bits per heavy atom. The minimum Gasteiger partial charge on any atom is -0.383 e. The normalized spacial score (nSPS) is 9.86. The topological polar surface area (TPSA) is 101 Å². The summed E-state index contributed by atoms with van der Waals surface area (Å²) in [6.45, 7) is 1.63. The molecule has 1 aromatic heterocycles. The van der Waals surface area contributed by atoms with Gasteiger partial charge in [0.15, 0.2) is 0 Å². The monoisotopic (exact) mass is 196 g/mol. The summed E-state index contributed by atoms with van der Waals surface area (Å²) < 4.78 is 0. The van der Waals surface area contributed by atoms with E-state index in [9.17, 15) is 9.59 Å². The van der Waals surface area contributed by atoms with Crippen LogP contribution in [0.4, 0.5) is 5.82 Å². The lowest BCUT2D eigenvalue weighted by Crippen LogP contribution is -2.26. The van der Waals surface area contributed by atoms with E-state index in [2.05, 4.69) is 15.3 Å². The van der Waals surface area contributed by atoms with Gasteiger partial charge in [0.1, 0.15) is 11.6 Å². The lowest BCUT2D eigenvalue weighted by Gasteiger charge is -2.03. The second kappa shape index (κ2) is 3.91. The average molecular weight is 196 g/mol. The van der Waals surface area contributed by atoms with Crippen LogP contribution in [0.15, 0.2) is 4.79 Å². The van der Waals surface area contributed by atoms with Crippen molar-refractivity contribution in [3.63, 3.8) is 0 Å². The maximum atomic E-state index is 11.4. The number of rotatable bonds is 2. The second-order valence-corrected chi connectivity index (χ2v) is 2.87. The summed E-state index contributed by atoms with van der Waals surface area (Å²) >= 11 is 0. The maximum absolute atomic E-state index is 11.4. The molecular formula is C8H12N4O2. The van der Waals surface area contributed by atoms with Gasteiger partial charge in [-0.25, -0.2) is 4.98 Å². The van der Waals surface area contributed by atoms with Crippen molar-refractivity contribution in [1.82, 2.24) is 15.3 Å². The molecule has 0 radical (unpaired) electrons. The lowest BCUT2D eigenvalue weighted by molar-refractivity contribution is -0.119. The van der Waals surface area contributed by atoms with E-state index in [0.717, 1.165) is 0 Å². The number of nitrogen functional groups attached to an aromatic ring is 1. The molecule has 14 heavy (non-hydrogen) atoms. The van der Waals surface area contributed by atoms with Gasteiger partial charge in [0.05, 0.1) is 12.0 Å². The van der Waals surface area contributed by atoms with Gasteiger partial charge < -0.3 is 16.0 Å². The SMILES string of the molecule is CNC(=O)Cc1c(N)nc(C)[nH]c1=O. The Morgan fingerprint density at radius 2 is 2.29 bits per heavy atom. The Hall–Kier alpha value is -1.85. The number of nitrogens with zero attached hydrogens (tertiary/aromatic N) is 1. The first-order chi connectivity index (χ1) is 6.54. The summed E-state index contributed by atoms with van der Waals surface area (Å²) in [6.07, 6.45) is -0.0506. The number of likely N-dealkylation sites (N-methyl/N-ethyl adjacent to an activating group) is 1. The summed E-state index contributed by atoms with van der Waals surface area (Å²) in [7, 11) is 1.49. The summed E-state index contributed by atoms with van der Waals surface area (Å²) in [5, 5.41) is 2.41. The van der Waals surface area contributed by atoms with Crippen molar-refractivity contribution in [3.05, 3.63) is 21.7 Å². The van der Waals surface area contributed by atoms with Crippen LogP contribution in [-0.4, -0.2) is 22.9 Å². The molecule has 0 unspecified atom stereocenters. The van der Waals surface area contributed by atoms with Gasteiger partial charge >= 0.3 is 0 Å². The Kier molecular flexibility index (Phi) is 2.85. The zero-order valence-electron chi connectivity index (χ0n) is 8.05. The highest BCUT2D eigenvalue weighted by Gasteiger charge is 2.10. The van der Waals surface area contributed by atoms with E-state index in [1.165, 1.54) is 7.05 Å². The Bertz CT molecular complexity index is 410. The first-order valence-electron chi connectivity index (χ1n) is 4.10. The molecule has 76 valence electrons. The number of hydrogen-bond donors (Lipinski definition) is 3. The molecule has 1 aromatic rings. The molecule has 0 aromatic carbocycles. The van der Waals surface area contributed by atoms with Crippen LogP contribution < -0.4 is 16.6 Å². The molecule has 0 spiro atoms. The molecule has 0 saturated heterocycles. The number of aryl methyl sites for hydroxylation is 1. The van der Waals surface area contributed by atoms with E-state index >= 15 is 0 Å². The van der Waals surface area contributed by atoms with Crippen LogP contribution in [0.5, 0.6) is 0 Å². The number of carbonyl (C=O) groups is 1. The highest BCUT2D eigenvalue weighted by atomic mass is 16.1. The predicted octanol–water partition coefficient (Wildman–Crippen LogP) is -1.05. The van der Waals surface area contributed by atoms with E-state index in [-0.39, 0.29) is 29.3 Å². The highest BCUT2D eigenvalue weighted by molar-refractivity contribution is 5.79. The van der Waals surface area contributed by atoms with Crippen LogP contribution in [-0.2, 0) is 11.2 Å². The van der Waals surface area contributed by atoms with Gasteiger partial charge in [0, 0.05) is 7.05 Å². The van der Waals surface area contributed by atoms with E-state index in [4.69, 9.17) is 5.73 Å². The Balaban J connectivity index is 3.09. The third-order valence-electron chi connectivity index (χ3n) is 1.78. The third-order valence-corrected chi connectivity index (χ3v) is 1.78. The third kappa shape index (κ3) is 2.09. The highest BCUT2D eigenvalue weighted by Crippen LogP contribution is 2.02. The largest absolute Gasteiger partial charge is 0.383 e. The predicted molar refractivity (Wildman–Crippen MR) is 51.8 cm³/mol. The van der Waals surface area contributed by atoms with E-state index in [1.807, 2.05) is 0 Å². The van der Waals surface area contributed by atoms with Gasteiger partial charge in [0.25, 0.3) is 5.56 Å². The van der Waals surface area contributed by atoms with Gasteiger partial charge in [-0.15, -0.1) is 0 Å². The number of nitrogens with one attached hydrogen (secondary N) is 2. The minimum absolute atomic E-state index is 0.0506. The molecule has 6 nitrogen and oxygen atoms in total.